The number of halogens is 4. The van der Waals surface area contributed by atoms with Crippen LogP contribution < -0.4 is 10.6 Å². The second kappa shape index (κ2) is 9.63. The Balaban J connectivity index is 1.68. The van der Waals surface area contributed by atoms with E-state index in [0.717, 1.165) is 27.5 Å². The first-order valence-corrected chi connectivity index (χ1v) is 11.3. The lowest BCUT2D eigenvalue weighted by Gasteiger charge is -2.08. The van der Waals surface area contributed by atoms with Crippen molar-refractivity contribution in [2.75, 3.05) is 25.6 Å². The van der Waals surface area contributed by atoms with Crippen molar-refractivity contribution in [1.29, 1.82) is 0 Å². The minimum atomic E-state index is -4.50. The van der Waals surface area contributed by atoms with Gasteiger partial charge < -0.3 is 19.9 Å². The van der Waals surface area contributed by atoms with E-state index >= 15 is 0 Å². The highest BCUT2D eigenvalue weighted by molar-refractivity contribution is 9.10. The van der Waals surface area contributed by atoms with Crippen LogP contribution in [0.25, 0.3) is 22.6 Å². The molecule has 2 heterocycles. The average Bonchev–Trinajstić information content (AvgIpc) is 3.27. The van der Waals surface area contributed by atoms with Crippen molar-refractivity contribution >= 4 is 56.0 Å². The van der Waals surface area contributed by atoms with E-state index < -0.39 is 17.6 Å². The van der Waals surface area contributed by atoms with Gasteiger partial charge in [0.2, 0.25) is 5.91 Å². The fraction of sp³-hybridized carbons (Fsp3) is 0.250. The predicted molar refractivity (Wildman–Crippen MR) is 127 cm³/mol. The smallest absolute Gasteiger partial charge is 0.385 e. The minimum Gasteiger partial charge on any atom is -0.385 e. The van der Waals surface area contributed by atoms with E-state index in [1.54, 1.807) is 23.9 Å². The highest BCUT2D eigenvalue weighted by atomic mass is 79.9. The van der Waals surface area contributed by atoms with E-state index in [1.807, 2.05) is 18.2 Å². The molecule has 6 nitrogen and oxygen atoms in total. The van der Waals surface area contributed by atoms with Crippen molar-refractivity contribution in [3.05, 3.63) is 63.8 Å². The van der Waals surface area contributed by atoms with Gasteiger partial charge in [0.25, 0.3) is 5.91 Å². The van der Waals surface area contributed by atoms with Crippen molar-refractivity contribution in [3.8, 4) is 0 Å². The highest BCUT2D eigenvalue weighted by Crippen LogP contribution is 2.39. The van der Waals surface area contributed by atoms with Crippen molar-refractivity contribution in [2.24, 2.45) is 0 Å². The van der Waals surface area contributed by atoms with E-state index in [9.17, 15) is 22.8 Å². The van der Waals surface area contributed by atoms with Gasteiger partial charge >= 0.3 is 6.18 Å². The maximum atomic E-state index is 13.1. The van der Waals surface area contributed by atoms with Crippen LogP contribution >= 0.6 is 15.9 Å². The molecule has 0 fully saturated rings. The number of rotatable bonds is 7. The molecule has 2 amide bonds. The predicted octanol–water partition coefficient (Wildman–Crippen LogP) is 5.07. The Bertz CT molecular complexity index is 1300. The second-order valence-electron chi connectivity index (χ2n) is 7.84. The number of fused-ring (bicyclic) bond motifs is 2. The number of aromatic nitrogens is 1. The van der Waals surface area contributed by atoms with Crippen molar-refractivity contribution < 1.29 is 27.5 Å². The van der Waals surface area contributed by atoms with Gasteiger partial charge in [0, 0.05) is 64.2 Å². The zero-order valence-corrected chi connectivity index (χ0v) is 19.7. The summed E-state index contributed by atoms with van der Waals surface area (Å²) in [5.41, 5.74) is 1.39. The molecule has 0 spiro atoms. The molecule has 4 rings (SSSR count). The van der Waals surface area contributed by atoms with Gasteiger partial charge in [-0.05, 0) is 42.8 Å². The molecule has 10 heteroatoms. The van der Waals surface area contributed by atoms with Crippen LogP contribution in [0.4, 0.5) is 18.9 Å². The van der Waals surface area contributed by atoms with Gasteiger partial charge in [0.05, 0.1) is 5.56 Å². The number of nitrogens with zero attached hydrogens (tertiary/aromatic N) is 1. The van der Waals surface area contributed by atoms with Crippen LogP contribution in [-0.4, -0.2) is 36.6 Å². The quantitative estimate of drug-likeness (QED) is 0.328. The minimum absolute atomic E-state index is 0.0754. The maximum absolute atomic E-state index is 13.1. The van der Waals surface area contributed by atoms with Crippen LogP contribution in [0.2, 0.25) is 0 Å². The Morgan fingerprint density at radius 3 is 2.76 bits per heavy atom. The normalized spacial score (nSPS) is 14.5. The molecule has 1 aliphatic rings. The average molecular weight is 536 g/mol. The first-order chi connectivity index (χ1) is 16.2. The van der Waals surface area contributed by atoms with Crippen LogP contribution in [0.5, 0.6) is 0 Å². The maximum Gasteiger partial charge on any atom is 0.416 e. The SMILES string of the molecule is COCCCNC(=O)Cn1cc(/C=C2/C(=O)Nc3cc(C(F)(F)F)ccc32)c2cc(Br)ccc21. The van der Waals surface area contributed by atoms with E-state index in [4.69, 9.17) is 4.74 Å². The molecule has 0 saturated heterocycles. The van der Waals surface area contributed by atoms with Gasteiger partial charge in [-0.3, -0.25) is 9.59 Å². The molecule has 1 aliphatic heterocycles. The molecular weight excluding hydrogens is 515 g/mol. The summed E-state index contributed by atoms with van der Waals surface area (Å²) in [6, 6.07) is 8.77. The fourth-order valence-electron chi connectivity index (χ4n) is 3.87. The molecule has 34 heavy (non-hydrogen) atoms. The van der Waals surface area contributed by atoms with Gasteiger partial charge in [0.1, 0.15) is 6.54 Å². The van der Waals surface area contributed by atoms with Gasteiger partial charge in [0.15, 0.2) is 0 Å². The number of ether oxygens (including phenoxy) is 1. The molecule has 0 atom stereocenters. The van der Waals surface area contributed by atoms with Crippen LogP contribution in [0.15, 0.2) is 47.1 Å². The molecule has 0 aliphatic carbocycles. The third-order valence-corrected chi connectivity index (χ3v) is 5.96. The molecule has 178 valence electrons. The number of benzene rings is 2. The van der Waals surface area contributed by atoms with Crippen LogP contribution in [-0.2, 0) is 27.0 Å². The van der Waals surface area contributed by atoms with Crippen LogP contribution in [0.3, 0.4) is 0 Å². The van der Waals surface area contributed by atoms with Crippen LogP contribution in [0.1, 0.15) is 23.1 Å². The van der Waals surface area contributed by atoms with E-state index in [-0.39, 0.29) is 23.7 Å². The number of carbonyl (C=O) groups excluding carboxylic acids is 2. The Hall–Kier alpha value is -3.11. The molecule has 2 N–H and O–H groups in total. The summed E-state index contributed by atoms with van der Waals surface area (Å²) >= 11 is 3.45. The molecule has 1 aromatic heterocycles. The Labute approximate surface area is 201 Å². The first-order valence-electron chi connectivity index (χ1n) is 10.5. The molecule has 0 radical (unpaired) electrons. The second-order valence-corrected chi connectivity index (χ2v) is 8.76. The van der Waals surface area contributed by atoms with Gasteiger partial charge in [-0.25, -0.2) is 0 Å². The van der Waals surface area contributed by atoms with Crippen LogP contribution in [0, 0.1) is 0 Å². The number of hydrogen-bond acceptors (Lipinski definition) is 3. The summed E-state index contributed by atoms with van der Waals surface area (Å²) < 4.78 is 46.7. The molecule has 0 bridgehead atoms. The lowest BCUT2D eigenvalue weighted by atomic mass is 10.0. The number of anilines is 1. The van der Waals surface area contributed by atoms with Gasteiger partial charge in [-0.15, -0.1) is 0 Å². The summed E-state index contributed by atoms with van der Waals surface area (Å²) in [5.74, 6) is -0.653. The zero-order chi connectivity index (χ0) is 24.5. The summed E-state index contributed by atoms with van der Waals surface area (Å²) in [4.78, 5) is 25.0. The lowest BCUT2D eigenvalue weighted by Crippen LogP contribution is -2.28. The summed E-state index contributed by atoms with van der Waals surface area (Å²) in [5, 5.41) is 6.15. The molecule has 2 aromatic carbocycles. The third kappa shape index (κ3) is 5.02. The number of carbonyl (C=O) groups is 2. The Kier molecular flexibility index (Phi) is 6.81. The summed E-state index contributed by atoms with van der Waals surface area (Å²) in [6.45, 7) is 1.11. The number of hydrogen-bond donors (Lipinski definition) is 2. The number of alkyl halides is 3. The van der Waals surface area contributed by atoms with E-state index in [1.165, 1.54) is 6.07 Å². The standard InChI is InChI=1S/C24H21BrF3N3O3/c1-34-8-2-7-29-22(32)13-31-12-14(18-11-16(25)4-6-21(18)31)9-19-17-5-3-15(24(26,27)28)10-20(17)30-23(19)33/h3-6,9-12H,2,7-8,13H2,1H3,(H,29,32)(H,30,33)/b19-9+. The van der Waals surface area contributed by atoms with Crippen molar-refractivity contribution in [3.63, 3.8) is 0 Å². The van der Waals surface area contributed by atoms with Gasteiger partial charge in [-0.1, -0.05) is 22.0 Å². The fourth-order valence-corrected chi connectivity index (χ4v) is 4.23. The van der Waals surface area contributed by atoms with E-state index in [0.29, 0.717) is 30.7 Å². The molecular formula is C24H21BrF3N3O3. The van der Waals surface area contributed by atoms with Crippen molar-refractivity contribution in [1.82, 2.24) is 9.88 Å². The summed E-state index contributed by atoms with van der Waals surface area (Å²) in [7, 11) is 1.60. The number of amides is 2. The van der Waals surface area contributed by atoms with Crippen molar-refractivity contribution in [2.45, 2.75) is 19.1 Å². The van der Waals surface area contributed by atoms with E-state index in [2.05, 4.69) is 26.6 Å². The Morgan fingerprint density at radius 1 is 1.24 bits per heavy atom. The highest BCUT2D eigenvalue weighted by Gasteiger charge is 2.33. The number of methoxy groups -OCH3 is 1. The first kappa shape index (κ1) is 24.0. The van der Waals surface area contributed by atoms with Gasteiger partial charge in [-0.2, -0.15) is 13.2 Å². The topological polar surface area (TPSA) is 72.4 Å². The molecule has 3 aromatic rings. The summed E-state index contributed by atoms with van der Waals surface area (Å²) in [6.07, 6.45) is -0.413. The lowest BCUT2D eigenvalue weighted by molar-refractivity contribution is -0.137. The Morgan fingerprint density at radius 2 is 2.03 bits per heavy atom. The third-order valence-electron chi connectivity index (χ3n) is 5.47. The zero-order valence-electron chi connectivity index (χ0n) is 18.1. The molecule has 0 unspecified atom stereocenters. The largest absolute Gasteiger partial charge is 0.416 e. The number of nitrogens with one attached hydrogen (secondary N) is 2. The monoisotopic (exact) mass is 535 g/mol. The molecule has 0 saturated carbocycles.